The Hall–Kier alpha value is -0.550. The van der Waals surface area contributed by atoms with Crippen LogP contribution >= 0.6 is 0 Å². The molecule has 2 heteroatoms. The number of aliphatic hydroxyl groups is 1. The highest BCUT2D eigenvalue weighted by atomic mass is 16.3. The van der Waals surface area contributed by atoms with Crippen molar-refractivity contribution in [3.63, 3.8) is 0 Å². The van der Waals surface area contributed by atoms with Crippen LogP contribution in [0.1, 0.15) is 45.4 Å². The van der Waals surface area contributed by atoms with E-state index in [1.54, 1.807) is 6.92 Å². The van der Waals surface area contributed by atoms with Crippen LogP contribution in [0, 0.1) is 16.7 Å². The van der Waals surface area contributed by atoms with E-state index in [0.29, 0.717) is 0 Å². The van der Waals surface area contributed by atoms with Crippen LogP contribution in [0.5, 0.6) is 0 Å². The zero-order chi connectivity index (χ0) is 9.03. The standard InChI is InChI=1S/C10H17NO/c1-9(12)4-7-10(8-11)5-2-3-6-10/h9,12H,2-7H2,1H3. The van der Waals surface area contributed by atoms with Crippen molar-refractivity contribution < 1.29 is 5.11 Å². The molecule has 0 aromatic rings. The Labute approximate surface area is 74.2 Å². The van der Waals surface area contributed by atoms with Crippen LogP contribution in [0.2, 0.25) is 0 Å². The summed E-state index contributed by atoms with van der Waals surface area (Å²) >= 11 is 0. The molecule has 0 aromatic heterocycles. The SMILES string of the molecule is CC(O)CCC1(C#N)CCCC1. The third-order valence-corrected chi connectivity index (χ3v) is 2.84. The zero-order valence-electron chi connectivity index (χ0n) is 7.71. The first-order valence-electron chi connectivity index (χ1n) is 4.78. The number of aliphatic hydroxyl groups excluding tert-OH is 1. The highest BCUT2D eigenvalue weighted by Gasteiger charge is 2.33. The Balaban J connectivity index is 2.41. The number of hydrogen-bond donors (Lipinski definition) is 1. The first kappa shape index (κ1) is 9.54. The Kier molecular flexibility index (Phi) is 3.11. The molecule has 0 aromatic carbocycles. The van der Waals surface area contributed by atoms with Gasteiger partial charge in [-0.2, -0.15) is 5.26 Å². The van der Waals surface area contributed by atoms with Gasteiger partial charge in [0.1, 0.15) is 0 Å². The Morgan fingerprint density at radius 1 is 1.50 bits per heavy atom. The lowest BCUT2D eigenvalue weighted by Crippen LogP contribution is -2.16. The van der Waals surface area contributed by atoms with Gasteiger partial charge in [0.05, 0.1) is 17.6 Å². The molecule has 0 bridgehead atoms. The van der Waals surface area contributed by atoms with Crippen LogP contribution in [0.3, 0.4) is 0 Å². The van der Waals surface area contributed by atoms with Gasteiger partial charge in [-0.1, -0.05) is 12.8 Å². The first-order chi connectivity index (χ1) is 5.68. The van der Waals surface area contributed by atoms with E-state index in [1.807, 2.05) is 0 Å². The van der Waals surface area contributed by atoms with E-state index >= 15 is 0 Å². The molecule has 1 fully saturated rings. The van der Waals surface area contributed by atoms with Gasteiger partial charge in [0.25, 0.3) is 0 Å². The van der Waals surface area contributed by atoms with Crippen molar-refractivity contribution in [2.45, 2.75) is 51.6 Å². The summed E-state index contributed by atoms with van der Waals surface area (Å²) in [5.41, 5.74) is -0.0863. The maximum absolute atomic E-state index is 9.11. The average Bonchev–Trinajstić information content (AvgIpc) is 2.50. The van der Waals surface area contributed by atoms with Gasteiger partial charge in [-0.15, -0.1) is 0 Å². The van der Waals surface area contributed by atoms with E-state index in [0.717, 1.165) is 25.7 Å². The van der Waals surface area contributed by atoms with Crippen molar-refractivity contribution in [2.24, 2.45) is 5.41 Å². The molecule has 0 aliphatic heterocycles. The Morgan fingerprint density at radius 3 is 2.50 bits per heavy atom. The molecule has 12 heavy (non-hydrogen) atoms. The second-order valence-corrected chi connectivity index (χ2v) is 3.99. The van der Waals surface area contributed by atoms with E-state index in [-0.39, 0.29) is 11.5 Å². The number of hydrogen-bond acceptors (Lipinski definition) is 2. The lowest BCUT2D eigenvalue weighted by molar-refractivity contribution is 0.164. The van der Waals surface area contributed by atoms with Crippen LogP contribution < -0.4 is 0 Å². The van der Waals surface area contributed by atoms with Crippen molar-refractivity contribution in [2.75, 3.05) is 0 Å². The topological polar surface area (TPSA) is 44.0 Å². The molecule has 1 N–H and O–H groups in total. The Bertz CT molecular complexity index is 175. The van der Waals surface area contributed by atoms with E-state index < -0.39 is 0 Å². The quantitative estimate of drug-likeness (QED) is 0.700. The summed E-state index contributed by atoms with van der Waals surface area (Å²) in [6.45, 7) is 1.79. The third kappa shape index (κ3) is 2.22. The minimum Gasteiger partial charge on any atom is -0.393 e. The van der Waals surface area contributed by atoms with Crippen molar-refractivity contribution in [3.8, 4) is 6.07 Å². The normalized spacial score (nSPS) is 23.4. The van der Waals surface area contributed by atoms with Crippen LogP contribution in [-0.4, -0.2) is 11.2 Å². The summed E-state index contributed by atoms with van der Waals surface area (Å²) in [6, 6.07) is 2.42. The molecule has 1 atom stereocenters. The van der Waals surface area contributed by atoms with Gasteiger partial charge in [-0.25, -0.2) is 0 Å². The summed E-state index contributed by atoms with van der Waals surface area (Å²) in [5, 5.41) is 18.1. The predicted molar refractivity (Wildman–Crippen MR) is 47.4 cm³/mol. The summed E-state index contributed by atoms with van der Waals surface area (Å²) < 4.78 is 0. The first-order valence-corrected chi connectivity index (χ1v) is 4.78. The Morgan fingerprint density at radius 2 is 2.08 bits per heavy atom. The van der Waals surface area contributed by atoms with Crippen LogP contribution in [0.15, 0.2) is 0 Å². The van der Waals surface area contributed by atoms with Gasteiger partial charge in [0.15, 0.2) is 0 Å². The van der Waals surface area contributed by atoms with Crippen molar-refractivity contribution in [1.29, 1.82) is 5.26 Å². The monoisotopic (exact) mass is 167 g/mol. The molecule has 1 rings (SSSR count). The molecule has 2 nitrogen and oxygen atoms in total. The number of nitrogens with zero attached hydrogens (tertiary/aromatic N) is 1. The fourth-order valence-electron chi connectivity index (χ4n) is 1.95. The summed E-state index contributed by atoms with van der Waals surface area (Å²) in [5.74, 6) is 0. The predicted octanol–water partition coefficient (Wildman–Crippen LogP) is 2.23. The van der Waals surface area contributed by atoms with Gasteiger partial charge in [-0.3, -0.25) is 0 Å². The lowest BCUT2D eigenvalue weighted by Gasteiger charge is -2.20. The molecule has 0 radical (unpaired) electrons. The average molecular weight is 167 g/mol. The molecule has 0 saturated heterocycles. The van der Waals surface area contributed by atoms with Gasteiger partial charge < -0.3 is 5.11 Å². The third-order valence-electron chi connectivity index (χ3n) is 2.84. The summed E-state index contributed by atoms with van der Waals surface area (Å²) in [6.07, 6.45) is 5.85. The fourth-order valence-corrected chi connectivity index (χ4v) is 1.95. The van der Waals surface area contributed by atoms with Gasteiger partial charge in [0.2, 0.25) is 0 Å². The van der Waals surface area contributed by atoms with Gasteiger partial charge in [-0.05, 0) is 32.6 Å². The second-order valence-electron chi connectivity index (χ2n) is 3.99. The van der Waals surface area contributed by atoms with E-state index in [1.165, 1.54) is 12.8 Å². The number of rotatable bonds is 3. The molecule has 0 heterocycles. The van der Waals surface area contributed by atoms with Gasteiger partial charge >= 0.3 is 0 Å². The molecule has 1 saturated carbocycles. The maximum Gasteiger partial charge on any atom is 0.0689 e. The van der Waals surface area contributed by atoms with Crippen molar-refractivity contribution in [3.05, 3.63) is 0 Å². The molecular formula is C10H17NO. The van der Waals surface area contributed by atoms with Crippen LogP contribution in [0.25, 0.3) is 0 Å². The molecule has 1 aliphatic carbocycles. The van der Waals surface area contributed by atoms with Gasteiger partial charge in [0, 0.05) is 0 Å². The molecule has 1 unspecified atom stereocenters. The second kappa shape index (κ2) is 3.91. The van der Waals surface area contributed by atoms with Crippen LogP contribution in [0.4, 0.5) is 0 Å². The highest BCUT2D eigenvalue weighted by Crippen LogP contribution is 2.41. The van der Waals surface area contributed by atoms with Crippen molar-refractivity contribution in [1.82, 2.24) is 0 Å². The summed E-state index contributed by atoms with van der Waals surface area (Å²) in [7, 11) is 0. The largest absolute Gasteiger partial charge is 0.393 e. The van der Waals surface area contributed by atoms with E-state index in [4.69, 9.17) is 10.4 Å². The lowest BCUT2D eigenvalue weighted by atomic mass is 9.82. The van der Waals surface area contributed by atoms with E-state index in [2.05, 4.69) is 6.07 Å². The molecule has 68 valence electrons. The fraction of sp³-hybridized carbons (Fsp3) is 0.900. The minimum absolute atomic E-state index is 0.0863. The maximum atomic E-state index is 9.11. The number of nitriles is 1. The molecule has 0 amide bonds. The molecular weight excluding hydrogens is 150 g/mol. The summed E-state index contributed by atoms with van der Waals surface area (Å²) in [4.78, 5) is 0. The molecule has 0 spiro atoms. The smallest absolute Gasteiger partial charge is 0.0689 e. The zero-order valence-corrected chi connectivity index (χ0v) is 7.71. The minimum atomic E-state index is -0.254. The molecule has 1 aliphatic rings. The highest BCUT2D eigenvalue weighted by molar-refractivity contribution is 5.01. The van der Waals surface area contributed by atoms with Crippen molar-refractivity contribution >= 4 is 0 Å². The van der Waals surface area contributed by atoms with E-state index in [9.17, 15) is 0 Å². The van der Waals surface area contributed by atoms with Crippen LogP contribution in [-0.2, 0) is 0 Å².